The van der Waals surface area contributed by atoms with E-state index in [4.69, 9.17) is 9.15 Å². The van der Waals surface area contributed by atoms with E-state index in [0.29, 0.717) is 26.0 Å². The van der Waals surface area contributed by atoms with Crippen LogP contribution in [-0.4, -0.2) is 26.2 Å². The number of amides is 1. The van der Waals surface area contributed by atoms with Crippen LogP contribution < -0.4 is 5.32 Å². The lowest BCUT2D eigenvalue weighted by Crippen LogP contribution is -2.25. The molecule has 0 spiro atoms. The molecule has 1 aromatic carbocycles. The number of methoxy groups -OCH3 is 1. The third-order valence-corrected chi connectivity index (χ3v) is 3.94. The molecule has 0 fully saturated rings. The Balaban J connectivity index is 1.83. The van der Waals surface area contributed by atoms with Gasteiger partial charge in [0.15, 0.2) is 0 Å². The van der Waals surface area contributed by atoms with Gasteiger partial charge in [0.1, 0.15) is 11.5 Å². The summed E-state index contributed by atoms with van der Waals surface area (Å²) in [5, 5.41) is 2.87. The summed E-state index contributed by atoms with van der Waals surface area (Å²) in [6.07, 6.45) is 1.85. The van der Waals surface area contributed by atoms with Gasteiger partial charge >= 0.3 is 0 Å². The summed E-state index contributed by atoms with van der Waals surface area (Å²) in [5.74, 6) is 1.66. The van der Waals surface area contributed by atoms with E-state index < -0.39 is 0 Å². The normalized spacial score (nSPS) is 10.6. The maximum absolute atomic E-state index is 11.7. The molecule has 1 heterocycles. The third kappa shape index (κ3) is 5.00. The summed E-state index contributed by atoms with van der Waals surface area (Å²) < 4.78 is 11.7. The number of furan rings is 1. The first-order valence-electron chi connectivity index (χ1n) is 7.30. The minimum atomic E-state index is 0.0370. The Hall–Kier alpha value is -1.59. The number of nitrogens with one attached hydrogen (secondary N) is 1. The van der Waals surface area contributed by atoms with Gasteiger partial charge in [-0.05, 0) is 24.6 Å². The number of ether oxygens (including phenoxy) is 1. The predicted molar refractivity (Wildman–Crippen MR) is 89.7 cm³/mol. The van der Waals surface area contributed by atoms with Gasteiger partial charge in [-0.3, -0.25) is 4.79 Å². The zero-order chi connectivity index (χ0) is 15.8. The molecule has 0 radical (unpaired) electrons. The number of halogens is 1. The fourth-order valence-electron chi connectivity index (χ4n) is 2.09. The average Bonchev–Trinajstić information content (AvgIpc) is 2.99. The third-order valence-electron chi connectivity index (χ3n) is 3.25. The maximum Gasteiger partial charge on any atom is 0.220 e. The second kappa shape index (κ2) is 8.76. The molecule has 0 aliphatic heterocycles. The Kier molecular flexibility index (Phi) is 6.68. The molecule has 0 aliphatic rings. The van der Waals surface area contributed by atoms with Crippen molar-refractivity contribution < 1.29 is 13.9 Å². The summed E-state index contributed by atoms with van der Waals surface area (Å²) in [6.45, 7) is 1.31. The number of aryl methyl sites for hydroxylation is 1. The number of carbonyl (C=O) groups excluding carboxylic acids is 1. The highest BCUT2D eigenvalue weighted by Crippen LogP contribution is 2.29. The molecule has 0 aliphatic carbocycles. The number of hydrogen-bond acceptors (Lipinski definition) is 3. The van der Waals surface area contributed by atoms with Gasteiger partial charge < -0.3 is 14.5 Å². The van der Waals surface area contributed by atoms with E-state index in [2.05, 4.69) is 21.2 Å². The zero-order valence-electron chi connectivity index (χ0n) is 12.6. The summed E-state index contributed by atoms with van der Waals surface area (Å²) in [7, 11) is 1.65. The topological polar surface area (TPSA) is 51.5 Å². The van der Waals surface area contributed by atoms with E-state index in [0.717, 1.165) is 28.0 Å². The minimum Gasteiger partial charge on any atom is -0.461 e. The Morgan fingerprint density at radius 2 is 2.09 bits per heavy atom. The molecule has 4 nitrogen and oxygen atoms in total. The van der Waals surface area contributed by atoms with Crippen molar-refractivity contribution in [2.24, 2.45) is 0 Å². The molecule has 5 heteroatoms. The van der Waals surface area contributed by atoms with Gasteiger partial charge in [-0.2, -0.15) is 0 Å². The van der Waals surface area contributed by atoms with Crippen molar-refractivity contribution in [3.8, 4) is 11.3 Å². The fraction of sp³-hybridized carbons (Fsp3) is 0.353. The lowest BCUT2D eigenvalue weighted by atomic mass is 10.2. The highest BCUT2D eigenvalue weighted by atomic mass is 79.9. The molecule has 0 bridgehead atoms. The maximum atomic E-state index is 11.7. The van der Waals surface area contributed by atoms with E-state index in [1.54, 1.807) is 7.11 Å². The van der Waals surface area contributed by atoms with Crippen LogP contribution in [0.5, 0.6) is 0 Å². The molecule has 2 rings (SSSR count). The molecule has 1 N–H and O–H groups in total. The zero-order valence-corrected chi connectivity index (χ0v) is 14.2. The number of hydrogen-bond donors (Lipinski definition) is 1. The standard InChI is InChI=1S/C17H20BrNO3/c1-21-12-4-11-19-17(20)10-8-13-7-9-16(22-13)14-5-2-3-6-15(14)18/h2-3,5-7,9H,4,8,10-12H2,1H3,(H,19,20). The second-order valence-electron chi connectivity index (χ2n) is 4.94. The average molecular weight is 366 g/mol. The molecule has 118 valence electrons. The molecule has 0 saturated carbocycles. The van der Waals surface area contributed by atoms with E-state index in [9.17, 15) is 4.79 Å². The highest BCUT2D eigenvalue weighted by Gasteiger charge is 2.09. The van der Waals surface area contributed by atoms with Gasteiger partial charge in [-0.1, -0.05) is 34.1 Å². The van der Waals surface area contributed by atoms with Crippen LogP contribution in [0, 0.1) is 0 Å². The number of carbonyl (C=O) groups is 1. The smallest absolute Gasteiger partial charge is 0.220 e. The number of benzene rings is 1. The molecule has 2 aromatic rings. The van der Waals surface area contributed by atoms with E-state index in [1.165, 1.54) is 0 Å². The summed E-state index contributed by atoms with van der Waals surface area (Å²) in [5.41, 5.74) is 1.01. The largest absolute Gasteiger partial charge is 0.461 e. The SMILES string of the molecule is COCCCNC(=O)CCc1ccc(-c2ccccc2Br)o1. The highest BCUT2D eigenvalue weighted by molar-refractivity contribution is 9.10. The van der Waals surface area contributed by atoms with E-state index in [1.807, 2.05) is 36.4 Å². The Morgan fingerprint density at radius 3 is 2.86 bits per heavy atom. The van der Waals surface area contributed by atoms with Crippen LogP contribution in [0.1, 0.15) is 18.6 Å². The van der Waals surface area contributed by atoms with Crippen LogP contribution in [0.25, 0.3) is 11.3 Å². The van der Waals surface area contributed by atoms with Gasteiger partial charge in [0, 0.05) is 43.1 Å². The first-order chi connectivity index (χ1) is 10.7. The van der Waals surface area contributed by atoms with E-state index in [-0.39, 0.29) is 5.91 Å². The van der Waals surface area contributed by atoms with Gasteiger partial charge in [-0.25, -0.2) is 0 Å². The van der Waals surface area contributed by atoms with Crippen molar-refractivity contribution in [2.45, 2.75) is 19.3 Å². The van der Waals surface area contributed by atoms with E-state index >= 15 is 0 Å². The van der Waals surface area contributed by atoms with Crippen LogP contribution in [-0.2, 0) is 16.0 Å². The lowest BCUT2D eigenvalue weighted by molar-refractivity contribution is -0.121. The van der Waals surface area contributed by atoms with Crippen LogP contribution >= 0.6 is 15.9 Å². The monoisotopic (exact) mass is 365 g/mol. The number of rotatable bonds is 8. The van der Waals surface area contributed by atoms with Crippen molar-refractivity contribution >= 4 is 21.8 Å². The molecule has 0 atom stereocenters. The molecular formula is C17H20BrNO3. The lowest BCUT2D eigenvalue weighted by Gasteiger charge is -2.04. The van der Waals surface area contributed by atoms with Crippen LogP contribution in [0.2, 0.25) is 0 Å². The predicted octanol–water partition coefficient (Wildman–Crippen LogP) is 3.79. The van der Waals surface area contributed by atoms with Gasteiger partial charge in [0.2, 0.25) is 5.91 Å². The van der Waals surface area contributed by atoms with Gasteiger partial charge in [0.25, 0.3) is 0 Å². The minimum absolute atomic E-state index is 0.0370. The summed E-state index contributed by atoms with van der Waals surface area (Å²) in [4.78, 5) is 11.7. The van der Waals surface area contributed by atoms with Crippen molar-refractivity contribution in [1.29, 1.82) is 0 Å². The Labute approximate surface area is 139 Å². The molecule has 22 heavy (non-hydrogen) atoms. The second-order valence-corrected chi connectivity index (χ2v) is 5.80. The Morgan fingerprint density at radius 1 is 1.27 bits per heavy atom. The summed E-state index contributed by atoms with van der Waals surface area (Å²) in [6, 6.07) is 11.8. The van der Waals surface area contributed by atoms with Crippen molar-refractivity contribution in [2.75, 3.05) is 20.3 Å². The fourth-order valence-corrected chi connectivity index (χ4v) is 2.57. The van der Waals surface area contributed by atoms with Gasteiger partial charge in [0.05, 0.1) is 0 Å². The van der Waals surface area contributed by atoms with Crippen LogP contribution in [0.15, 0.2) is 45.3 Å². The van der Waals surface area contributed by atoms with Crippen molar-refractivity contribution in [1.82, 2.24) is 5.32 Å². The quantitative estimate of drug-likeness (QED) is 0.723. The van der Waals surface area contributed by atoms with Crippen molar-refractivity contribution in [3.63, 3.8) is 0 Å². The first-order valence-corrected chi connectivity index (χ1v) is 8.09. The molecule has 0 unspecified atom stereocenters. The van der Waals surface area contributed by atoms with Crippen molar-refractivity contribution in [3.05, 3.63) is 46.6 Å². The molecule has 1 amide bonds. The van der Waals surface area contributed by atoms with Gasteiger partial charge in [-0.15, -0.1) is 0 Å². The summed E-state index contributed by atoms with van der Waals surface area (Å²) >= 11 is 3.51. The van der Waals surface area contributed by atoms with Crippen LogP contribution in [0.3, 0.4) is 0 Å². The first kappa shape index (κ1) is 16.8. The van der Waals surface area contributed by atoms with Crippen LogP contribution in [0.4, 0.5) is 0 Å². The Bertz CT molecular complexity index is 609. The molecule has 1 aromatic heterocycles. The molecular weight excluding hydrogens is 346 g/mol. The molecule has 0 saturated heterocycles.